The van der Waals surface area contributed by atoms with E-state index in [0.717, 1.165) is 25.2 Å². The van der Waals surface area contributed by atoms with Gasteiger partial charge in [0.2, 0.25) is 0 Å². The molecule has 0 saturated carbocycles. The Morgan fingerprint density at radius 2 is 2.00 bits per heavy atom. The Balaban J connectivity index is 2.54. The first-order valence-corrected chi connectivity index (χ1v) is 6.05. The van der Waals surface area contributed by atoms with Gasteiger partial charge in [0.1, 0.15) is 5.75 Å². The lowest BCUT2D eigenvalue weighted by Crippen LogP contribution is -2.20. The van der Waals surface area contributed by atoms with Crippen LogP contribution in [0.4, 0.5) is 0 Å². The number of nitrogens with two attached hydrogens (primary N) is 1. The number of hydrogen-bond acceptors (Lipinski definition) is 2. The third-order valence-electron chi connectivity index (χ3n) is 2.42. The second-order valence-electron chi connectivity index (χ2n) is 4.00. The first-order chi connectivity index (χ1) is 7.63. The third kappa shape index (κ3) is 4.19. The van der Waals surface area contributed by atoms with Crippen LogP contribution in [0.15, 0.2) is 24.3 Å². The molecule has 0 saturated heterocycles. The molecule has 1 aromatic rings. The molecule has 1 unspecified atom stereocenters. The molecule has 1 aromatic carbocycles. The van der Waals surface area contributed by atoms with Gasteiger partial charge in [0.15, 0.2) is 0 Å². The van der Waals surface area contributed by atoms with Gasteiger partial charge in [-0.3, -0.25) is 0 Å². The highest BCUT2D eigenvalue weighted by Crippen LogP contribution is 2.15. The molecular formula is C13H19NOS. The molecule has 0 fully saturated rings. The van der Waals surface area contributed by atoms with Gasteiger partial charge in [-0.25, -0.2) is 0 Å². The predicted molar refractivity (Wildman–Crippen MR) is 71.9 cm³/mol. The van der Waals surface area contributed by atoms with E-state index >= 15 is 0 Å². The van der Waals surface area contributed by atoms with Crippen LogP contribution in [0.25, 0.3) is 0 Å². The summed E-state index contributed by atoms with van der Waals surface area (Å²) in [5.41, 5.74) is 6.83. The van der Waals surface area contributed by atoms with Crippen molar-refractivity contribution in [3.8, 4) is 5.75 Å². The van der Waals surface area contributed by atoms with Crippen LogP contribution in [0.1, 0.15) is 25.8 Å². The van der Waals surface area contributed by atoms with Crippen molar-refractivity contribution in [1.82, 2.24) is 0 Å². The molecule has 0 amide bonds. The molecule has 0 spiro atoms. The summed E-state index contributed by atoms with van der Waals surface area (Å²) in [6, 6.07) is 8.13. The lowest BCUT2D eigenvalue weighted by atomic mass is 10.0. The Morgan fingerprint density at radius 3 is 2.50 bits per heavy atom. The van der Waals surface area contributed by atoms with Gasteiger partial charge in [0.25, 0.3) is 0 Å². The molecule has 0 bridgehead atoms. The van der Waals surface area contributed by atoms with Crippen LogP contribution >= 0.6 is 12.2 Å². The molecule has 3 heteroatoms. The lowest BCUT2D eigenvalue weighted by molar-refractivity contribution is 0.317. The molecule has 0 aliphatic carbocycles. The molecule has 0 aliphatic heterocycles. The zero-order valence-electron chi connectivity index (χ0n) is 9.90. The van der Waals surface area contributed by atoms with Crippen molar-refractivity contribution in [3.05, 3.63) is 29.8 Å². The number of hydrogen-bond donors (Lipinski definition) is 1. The monoisotopic (exact) mass is 237 g/mol. The second kappa shape index (κ2) is 6.48. The van der Waals surface area contributed by atoms with Gasteiger partial charge in [-0.15, -0.1) is 0 Å². The molecule has 2 nitrogen and oxygen atoms in total. The van der Waals surface area contributed by atoms with Crippen LogP contribution in [-0.4, -0.2) is 11.6 Å². The fourth-order valence-corrected chi connectivity index (χ4v) is 1.48. The Morgan fingerprint density at radius 1 is 1.38 bits per heavy atom. The van der Waals surface area contributed by atoms with Crippen molar-refractivity contribution in [2.45, 2.75) is 26.7 Å². The van der Waals surface area contributed by atoms with Crippen molar-refractivity contribution in [1.29, 1.82) is 0 Å². The SMILES string of the molecule is CCCOc1ccc(CC(C)C(N)=S)cc1. The fourth-order valence-electron chi connectivity index (χ4n) is 1.40. The lowest BCUT2D eigenvalue weighted by Gasteiger charge is -2.10. The maximum atomic E-state index is 5.59. The average molecular weight is 237 g/mol. The summed E-state index contributed by atoms with van der Waals surface area (Å²) in [5, 5.41) is 0. The minimum absolute atomic E-state index is 0.248. The van der Waals surface area contributed by atoms with E-state index in [1.165, 1.54) is 5.56 Å². The van der Waals surface area contributed by atoms with E-state index in [9.17, 15) is 0 Å². The first kappa shape index (κ1) is 13.0. The molecule has 2 N–H and O–H groups in total. The quantitative estimate of drug-likeness (QED) is 0.773. The largest absolute Gasteiger partial charge is 0.494 e. The van der Waals surface area contributed by atoms with Crippen LogP contribution in [-0.2, 0) is 6.42 Å². The zero-order chi connectivity index (χ0) is 12.0. The molecule has 0 heterocycles. The highest BCUT2D eigenvalue weighted by Gasteiger charge is 2.06. The fraction of sp³-hybridized carbons (Fsp3) is 0.462. The van der Waals surface area contributed by atoms with Gasteiger partial charge in [-0.05, 0) is 30.5 Å². The van der Waals surface area contributed by atoms with Crippen molar-refractivity contribution in [2.75, 3.05) is 6.61 Å². The Kier molecular flexibility index (Phi) is 5.26. The molecular weight excluding hydrogens is 218 g/mol. The first-order valence-electron chi connectivity index (χ1n) is 5.64. The normalized spacial score (nSPS) is 12.1. The zero-order valence-corrected chi connectivity index (χ0v) is 10.7. The number of rotatable bonds is 6. The van der Waals surface area contributed by atoms with Crippen molar-refractivity contribution < 1.29 is 4.74 Å². The highest BCUT2D eigenvalue weighted by atomic mass is 32.1. The van der Waals surface area contributed by atoms with Crippen molar-refractivity contribution >= 4 is 17.2 Å². The topological polar surface area (TPSA) is 35.2 Å². The summed E-state index contributed by atoms with van der Waals surface area (Å²) in [7, 11) is 0. The van der Waals surface area contributed by atoms with E-state index < -0.39 is 0 Å². The van der Waals surface area contributed by atoms with Crippen LogP contribution in [0, 0.1) is 5.92 Å². The minimum atomic E-state index is 0.248. The van der Waals surface area contributed by atoms with Crippen LogP contribution < -0.4 is 10.5 Å². The van der Waals surface area contributed by atoms with Gasteiger partial charge in [0, 0.05) is 5.92 Å². The summed E-state index contributed by atoms with van der Waals surface area (Å²) in [6.45, 7) is 4.91. The third-order valence-corrected chi connectivity index (χ3v) is 2.83. The Labute approximate surface area is 103 Å². The highest BCUT2D eigenvalue weighted by molar-refractivity contribution is 7.80. The molecule has 0 aromatic heterocycles. The maximum absolute atomic E-state index is 5.59. The molecule has 1 atom stereocenters. The van der Waals surface area contributed by atoms with Crippen LogP contribution in [0.2, 0.25) is 0 Å². The van der Waals surface area contributed by atoms with Crippen LogP contribution in [0.3, 0.4) is 0 Å². The molecule has 0 radical (unpaired) electrons. The van der Waals surface area contributed by atoms with Gasteiger partial charge in [0.05, 0.1) is 11.6 Å². The summed E-state index contributed by atoms with van der Waals surface area (Å²) in [4.78, 5) is 0.575. The Hall–Kier alpha value is -1.09. The number of ether oxygens (including phenoxy) is 1. The summed E-state index contributed by atoms with van der Waals surface area (Å²) in [5.74, 6) is 1.17. The van der Waals surface area contributed by atoms with Crippen LogP contribution in [0.5, 0.6) is 5.75 Å². The molecule has 88 valence electrons. The maximum Gasteiger partial charge on any atom is 0.119 e. The molecule has 0 aliphatic rings. The van der Waals surface area contributed by atoms with Gasteiger partial charge >= 0.3 is 0 Å². The van der Waals surface area contributed by atoms with Crippen molar-refractivity contribution in [2.24, 2.45) is 11.7 Å². The second-order valence-corrected chi connectivity index (χ2v) is 4.47. The van der Waals surface area contributed by atoms with E-state index in [1.54, 1.807) is 0 Å². The molecule has 1 rings (SSSR count). The Bertz CT molecular complexity index is 334. The van der Waals surface area contributed by atoms with E-state index in [4.69, 9.17) is 22.7 Å². The van der Waals surface area contributed by atoms with Gasteiger partial charge in [-0.2, -0.15) is 0 Å². The molecule has 16 heavy (non-hydrogen) atoms. The summed E-state index contributed by atoms with van der Waals surface area (Å²) in [6.07, 6.45) is 1.92. The van der Waals surface area contributed by atoms with Gasteiger partial charge in [-0.1, -0.05) is 38.2 Å². The van der Waals surface area contributed by atoms with Gasteiger partial charge < -0.3 is 10.5 Å². The predicted octanol–water partition coefficient (Wildman–Crippen LogP) is 2.94. The number of thiocarbonyl (C=S) groups is 1. The smallest absolute Gasteiger partial charge is 0.119 e. The summed E-state index contributed by atoms with van der Waals surface area (Å²) < 4.78 is 5.51. The van der Waals surface area contributed by atoms with Crippen molar-refractivity contribution in [3.63, 3.8) is 0 Å². The minimum Gasteiger partial charge on any atom is -0.494 e. The summed E-state index contributed by atoms with van der Waals surface area (Å²) >= 11 is 4.95. The average Bonchev–Trinajstić information content (AvgIpc) is 2.28. The van der Waals surface area contributed by atoms with E-state index in [-0.39, 0.29) is 5.92 Å². The number of benzene rings is 1. The van der Waals surface area contributed by atoms with E-state index in [1.807, 2.05) is 19.1 Å². The van der Waals surface area contributed by atoms with E-state index in [2.05, 4.69) is 19.1 Å². The standard InChI is InChI=1S/C13H19NOS/c1-3-8-15-12-6-4-11(5-7-12)9-10(2)13(14)16/h4-7,10H,3,8-9H2,1-2H3,(H2,14,16). The van der Waals surface area contributed by atoms with E-state index in [0.29, 0.717) is 4.99 Å².